The number of benzene rings is 1. The van der Waals surface area contributed by atoms with Gasteiger partial charge >= 0.3 is 0 Å². The van der Waals surface area contributed by atoms with Crippen LogP contribution in [-0.2, 0) is 0 Å². The number of piperidine rings is 1. The topological polar surface area (TPSA) is 51.0 Å². The van der Waals surface area contributed by atoms with Crippen LogP contribution in [-0.4, -0.2) is 38.4 Å². The van der Waals surface area contributed by atoms with Crippen molar-refractivity contribution in [1.29, 1.82) is 0 Å². The summed E-state index contributed by atoms with van der Waals surface area (Å²) in [5.74, 6) is 1.23. The molecule has 0 N–H and O–H groups in total. The molecule has 2 atom stereocenters. The first-order valence-corrected chi connectivity index (χ1v) is 9.04. The van der Waals surface area contributed by atoms with Crippen LogP contribution in [0.5, 0.6) is 0 Å². The van der Waals surface area contributed by atoms with Crippen molar-refractivity contribution in [2.45, 2.75) is 51.0 Å². The van der Waals surface area contributed by atoms with Crippen molar-refractivity contribution in [1.82, 2.24) is 19.9 Å². The SMILES string of the molecule is Cc1ccc(-n2nnc(C(=O)N3CC4CCC3C4)c2C2CC2)cc1. The van der Waals surface area contributed by atoms with E-state index in [9.17, 15) is 4.79 Å². The zero-order valence-corrected chi connectivity index (χ0v) is 14.0. The quantitative estimate of drug-likeness (QED) is 0.872. The number of likely N-dealkylation sites (tertiary alicyclic amines) is 1. The van der Waals surface area contributed by atoms with Crippen molar-refractivity contribution < 1.29 is 4.79 Å². The number of hydrogen-bond acceptors (Lipinski definition) is 3. The summed E-state index contributed by atoms with van der Waals surface area (Å²) in [6.07, 6.45) is 5.87. The van der Waals surface area contributed by atoms with E-state index < -0.39 is 0 Å². The maximum atomic E-state index is 13.1. The van der Waals surface area contributed by atoms with Gasteiger partial charge in [-0.25, -0.2) is 4.68 Å². The molecule has 3 fully saturated rings. The van der Waals surface area contributed by atoms with E-state index in [1.54, 1.807) is 0 Å². The number of aryl methyl sites for hydroxylation is 1. The molecule has 2 unspecified atom stereocenters. The fourth-order valence-corrected chi connectivity index (χ4v) is 4.35. The van der Waals surface area contributed by atoms with E-state index in [1.807, 2.05) is 4.68 Å². The molecule has 2 aromatic rings. The highest BCUT2D eigenvalue weighted by Gasteiger charge is 2.43. The molecule has 5 nitrogen and oxygen atoms in total. The molecule has 2 heterocycles. The van der Waals surface area contributed by atoms with Crippen molar-refractivity contribution in [3.05, 3.63) is 41.2 Å². The molecular formula is C19H22N4O. The Morgan fingerprint density at radius 2 is 1.92 bits per heavy atom. The van der Waals surface area contributed by atoms with E-state index in [-0.39, 0.29) is 5.91 Å². The molecule has 1 amide bonds. The third kappa shape index (κ3) is 2.18. The molecule has 0 spiro atoms. The summed E-state index contributed by atoms with van der Waals surface area (Å²) < 4.78 is 1.89. The zero-order chi connectivity index (χ0) is 16.3. The minimum Gasteiger partial charge on any atom is -0.334 e. The lowest BCUT2D eigenvalue weighted by molar-refractivity contribution is 0.0696. The second kappa shape index (κ2) is 5.16. The third-order valence-electron chi connectivity index (χ3n) is 5.82. The molecule has 0 radical (unpaired) electrons. The number of amides is 1. The number of nitrogens with zero attached hydrogens (tertiary/aromatic N) is 4. The van der Waals surface area contributed by atoms with Crippen molar-refractivity contribution >= 4 is 5.91 Å². The van der Waals surface area contributed by atoms with Gasteiger partial charge in [-0.1, -0.05) is 22.9 Å². The molecule has 124 valence electrons. The van der Waals surface area contributed by atoms with E-state index >= 15 is 0 Å². The first kappa shape index (κ1) is 14.2. The molecule has 24 heavy (non-hydrogen) atoms. The van der Waals surface area contributed by atoms with E-state index in [0.717, 1.165) is 37.2 Å². The van der Waals surface area contributed by atoms with Crippen LogP contribution in [0.15, 0.2) is 24.3 Å². The number of rotatable bonds is 3. The molecule has 2 bridgehead atoms. The highest BCUT2D eigenvalue weighted by atomic mass is 16.2. The van der Waals surface area contributed by atoms with Gasteiger partial charge in [-0.15, -0.1) is 5.10 Å². The summed E-state index contributed by atoms with van der Waals surface area (Å²) in [7, 11) is 0. The summed E-state index contributed by atoms with van der Waals surface area (Å²) in [6, 6.07) is 8.70. The van der Waals surface area contributed by atoms with Gasteiger partial charge in [-0.2, -0.15) is 0 Å². The van der Waals surface area contributed by atoms with Crippen LogP contribution in [0.2, 0.25) is 0 Å². The number of fused-ring (bicyclic) bond motifs is 2. The second-order valence-corrected chi connectivity index (χ2v) is 7.64. The summed E-state index contributed by atoms with van der Waals surface area (Å²) in [5, 5.41) is 8.68. The van der Waals surface area contributed by atoms with Crippen LogP contribution in [0, 0.1) is 12.8 Å². The Morgan fingerprint density at radius 1 is 1.12 bits per heavy atom. The van der Waals surface area contributed by atoms with Gasteiger partial charge in [-0.3, -0.25) is 4.79 Å². The number of carbonyl (C=O) groups is 1. The summed E-state index contributed by atoms with van der Waals surface area (Å²) in [5.41, 5.74) is 3.82. The molecule has 1 aromatic carbocycles. The highest BCUT2D eigenvalue weighted by molar-refractivity contribution is 5.94. The molecule has 2 aliphatic carbocycles. The van der Waals surface area contributed by atoms with Crippen molar-refractivity contribution in [3.8, 4) is 5.69 Å². The molecule has 1 aliphatic heterocycles. The smallest absolute Gasteiger partial charge is 0.276 e. The Balaban J connectivity index is 1.52. The van der Waals surface area contributed by atoms with Crippen LogP contribution in [0.4, 0.5) is 0 Å². The predicted molar refractivity (Wildman–Crippen MR) is 90.2 cm³/mol. The first-order chi connectivity index (χ1) is 11.7. The van der Waals surface area contributed by atoms with Crippen LogP contribution >= 0.6 is 0 Å². The van der Waals surface area contributed by atoms with Gasteiger partial charge in [0.2, 0.25) is 0 Å². The fraction of sp³-hybridized carbons (Fsp3) is 0.526. The largest absolute Gasteiger partial charge is 0.334 e. The lowest BCUT2D eigenvalue weighted by atomic mass is 10.1. The van der Waals surface area contributed by atoms with Gasteiger partial charge in [0.05, 0.1) is 11.4 Å². The average Bonchev–Trinajstić information content (AvgIpc) is 3.03. The van der Waals surface area contributed by atoms with Gasteiger partial charge in [0, 0.05) is 18.5 Å². The maximum absolute atomic E-state index is 13.1. The van der Waals surface area contributed by atoms with Crippen LogP contribution in [0.1, 0.15) is 59.8 Å². The Hall–Kier alpha value is -2.17. The number of aromatic nitrogens is 3. The van der Waals surface area contributed by atoms with E-state index in [1.165, 1.54) is 18.4 Å². The van der Waals surface area contributed by atoms with Gasteiger partial charge in [0.25, 0.3) is 5.91 Å². The predicted octanol–water partition coefficient (Wildman–Crippen LogP) is 3.08. The highest BCUT2D eigenvalue weighted by Crippen LogP contribution is 2.43. The fourth-order valence-electron chi connectivity index (χ4n) is 4.35. The van der Waals surface area contributed by atoms with E-state index in [0.29, 0.717) is 23.6 Å². The summed E-state index contributed by atoms with van der Waals surface area (Å²) in [6.45, 7) is 2.98. The monoisotopic (exact) mass is 322 g/mol. The first-order valence-electron chi connectivity index (χ1n) is 9.04. The Morgan fingerprint density at radius 3 is 2.54 bits per heavy atom. The Bertz CT molecular complexity index is 790. The molecule has 1 aromatic heterocycles. The maximum Gasteiger partial charge on any atom is 0.276 e. The molecule has 5 heteroatoms. The van der Waals surface area contributed by atoms with E-state index in [4.69, 9.17) is 0 Å². The lowest BCUT2D eigenvalue weighted by Crippen LogP contribution is -2.38. The lowest BCUT2D eigenvalue weighted by Gasteiger charge is -2.26. The summed E-state index contributed by atoms with van der Waals surface area (Å²) >= 11 is 0. The normalized spacial score (nSPS) is 25.5. The standard InChI is InChI=1S/C19H22N4O/c1-12-2-7-15(8-3-12)23-18(14-5-6-14)17(20-21-23)19(24)22-11-13-4-9-16(22)10-13/h2-3,7-8,13-14,16H,4-6,9-11H2,1H3. The Kier molecular flexibility index (Phi) is 3.05. The van der Waals surface area contributed by atoms with E-state index in [2.05, 4.69) is 46.4 Å². The minimum atomic E-state index is 0.0995. The number of hydrogen-bond donors (Lipinski definition) is 0. The van der Waals surface area contributed by atoms with Crippen LogP contribution in [0.3, 0.4) is 0 Å². The van der Waals surface area contributed by atoms with Crippen molar-refractivity contribution in [2.24, 2.45) is 5.92 Å². The van der Waals surface area contributed by atoms with Crippen molar-refractivity contribution in [3.63, 3.8) is 0 Å². The molecule has 1 saturated heterocycles. The van der Waals surface area contributed by atoms with Gasteiger partial charge in [0.15, 0.2) is 5.69 Å². The van der Waals surface area contributed by atoms with Gasteiger partial charge < -0.3 is 4.90 Å². The molecule has 5 rings (SSSR count). The zero-order valence-electron chi connectivity index (χ0n) is 14.0. The second-order valence-electron chi connectivity index (χ2n) is 7.64. The molecular weight excluding hydrogens is 300 g/mol. The Labute approximate surface area is 141 Å². The average molecular weight is 322 g/mol. The van der Waals surface area contributed by atoms with Gasteiger partial charge in [0.1, 0.15) is 0 Å². The van der Waals surface area contributed by atoms with Crippen molar-refractivity contribution in [2.75, 3.05) is 6.54 Å². The summed E-state index contributed by atoms with van der Waals surface area (Å²) in [4.78, 5) is 15.2. The minimum absolute atomic E-state index is 0.0995. The third-order valence-corrected chi connectivity index (χ3v) is 5.82. The van der Waals surface area contributed by atoms with Crippen LogP contribution < -0.4 is 0 Å². The van der Waals surface area contributed by atoms with Gasteiger partial charge in [-0.05, 0) is 57.1 Å². The number of carbonyl (C=O) groups excluding carboxylic acids is 1. The molecule has 2 saturated carbocycles. The van der Waals surface area contributed by atoms with Crippen LogP contribution in [0.25, 0.3) is 5.69 Å². The molecule has 3 aliphatic rings.